The first-order valence-electron chi connectivity index (χ1n) is 8.27. The molecule has 24 heavy (non-hydrogen) atoms. The third-order valence-corrected chi connectivity index (χ3v) is 9.23. The lowest BCUT2D eigenvalue weighted by Crippen LogP contribution is -2.67. The molecule has 124 valence electrons. The minimum absolute atomic E-state index is 0.119. The van der Waals surface area contributed by atoms with Crippen LogP contribution in [-0.2, 0) is 4.43 Å². The zero-order valence-corrected chi connectivity index (χ0v) is 15.9. The molecule has 2 nitrogen and oxygen atoms in total. The van der Waals surface area contributed by atoms with Crippen LogP contribution >= 0.6 is 0 Å². The van der Waals surface area contributed by atoms with Gasteiger partial charge in [-0.15, -0.1) is 0 Å². The lowest BCUT2D eigenvalue weighted by molar-refractivity contribution is 0.283. The molecular formula is C21H25NOSi. The van der Waals surface area contributed by atoms with Gasteiger partial charge in [0.05, 0.1) is 6.07 Å². The van der Waals surface area contributed by atoms with Gasteiger partial charge in [0.2, 0.25) is 0 Å². The monoisotopic (exact) mass is 335 g/mol. The van der Waals surface area contributed by atoms with Crippen LogP contribution in [0.15, 0.2) is 72.8 Å². The molecule has 0 spiro atoms. The summed E-state index contributed by atoms with van der Waals surface area (Å²) in [5.41, 5.74) is 0. The first-order chi connectivity index (χ1) is 11.5. The van der Waals surface area contributed by atoms with Gasteiger partial charge >= 0.3 is 0 Å². The van der Waals surface area contributed by atoms with Gasteiger partial charge in [0.15, 0.2) is 6.10 Å². The summed E-state index contributed by atoms with van der Waals surface area (Å²) in [6.45, 7) is 8.55. The van der Waals surface area contributed by atoms with Crippen LogP contribution in [0.1, 0.15) is 27.7 Å². The van der Waals surface area contributed by atoms with Crippen molar-refractivity contribution in [1.82, 2.24) is 0 Å². The minimum Gasteiger partial charge on any atom is -0.389 e. The van der Waals surface area contributed by atoms with E-state index in [-0.39, 0.29) is 5.04 Å². The smallest absolute Gasteiger partial charge is 0.263 e. The molecular weight excluding hydrogens is 310 g/mol. The van der Waals surface area contributed by atoms with Crippen molar-refractivity contribution in [2.24, 2.45) is 0 Å². The van der Waals surface area contributed by atoms with E-state index in [2.05, 4.69) is 51.1 Å². The predicted octanol–water partition coefficient (Wildman–Crippen LogP) is 4.03. The molecule has 0 aliphatic heterocycles. The topological polar surface area (TPSA) is 33.0 Å². The highest BCUT2D eigenvalue weighted by atomic mass is 28.4. The van der Waals surface area contributed by atoms with Crippen LogP contribution in [0.5, 0.6) is 0 Å². The van der Waals surface area contributed by atoms with Crippen molar-refractivity contribution in [3.05, 3.63) is 72.8 Å². The van der Waals surface area contributed by atoms with Crippen molar-refractivity contribution in [1.29, 1.82) is 5.26 Å². The molecule has 0 aliphatic rings. The number of hydrogen-bond acceptors (Lipinski definition) is 2. The standard InChI is InChI=1S/C21H25NOSi/c1-5-12-18(17-22)23-24(21(2,3)4,19-13-8-6-9-14-19)20-15-10-7-11-16-20/h5-16,18H,1-4H3/b12-5+. The second kappa shape index (κ2) is 7.61. The van der Waals surface area contributed by atoms with Gasteiger partial charge in [0.1, 0.15) is 0 Å². The number of rotatable bonds is 5. The quantitative estimate of drug-likeness (QED) is 0.610. The third kappa shape index (κ3) is 3.51. The van der Waals surface area contributed by atoms with E-state index >= 15 is 0 Å². The lowest BCUT2D eigenvalue weighted by Gasteiger charge is -2.43. The zero-order valence-electron chi connectivity index (χ0n) is 14.9. The average Bonchev–Trinajstić information content (AvgIpc) is 2.59. The highest BCUT2D eigenvalue weighted by Gasteiger charge is 2.51. The fourth-order valence-corrected chi connectivity index (χ4v) is 7.69. The Morgan fingerprint density at radius 3 is 1.75 bits per heavy atom. The predicted molar refractivity (Wildman–Crippen MR) is 103 cm³/mol. The lowest BCUT2D eigenvalue weighted by atomic mass is 10.2. The Morgan fingerprint density at radius 2 is 1.42 bits per heavy atom. The van der Waals surface area contributed by atoms with Crippen molar-refractivity contribution in [2.45, 2.75) is 38.8 Å². The normalized spacial score (nSPS) is 13.6. The second-order valence-corrected chi connectivity index (χ2v) is 11.1. The van der Waals surface area contributed by atoms with Crippen LogP contribution < -0.4 is 10.4 Å². The number of nitrogens with zero attached hydrogens (tertiary/aromatic N) is 1. The molecule has 0 radical (unpaired) electrons. The summed E-state index contributed by atoms with van der Waals surface area (Å²) in [5.74, 6) is 0. The molecule has 0 aliphatic carbocycles. The van der Waals surface area contributed by atoms with E-state index in [9.17, 15) is 5.26 Å². The Hall–Kier alpha value is -2.15. The number of allylic oxidation sites excluding steroid dienone is 1. The number of benzene rings is 2. The van der Waals surface area contributed by atoms with Crippen molar-refractivity contribution >= 4 is 18.7 Å². The fraction of sp³-hybridized carbons (Fsp3) is 0.286. The molecule has 0 amide bonds. The summed E-state index contributed by atoms with van der Waals surface area (Å²) >= 11 is 0. The summed E-state index contributed by atoms with van der Waals surface area (Å²) in [4.78, 5) is 0. The van der Waals surface area contributed by atoms with E-state index in [4.69, 9.17) is 4.43 Å². The summed E-state index contributed by atoms with van der Waals surface area (Å²) in [7, 11) is -2.64. The molecule has 0 bridgehead atoms. The highest BCUT2D eigenvalue weighted by molar-refractivity contribution is 6.99. The minimum atomic E-state index is -2.64. The molecule has 3 heteroatoms. The molecule has 0 saturated carbocycles. The summed E-state index contributed by atoms with van der Waals surface area (Å²) in [6.07, 6.45) is 3.16. The second-order valence-electron chi connectivity index (χ2n) is 6.86. The summed E-state index contributed by atoms with van der Waals surface area (Å²) in [5, 5.41) is 11.8. The van der Waals surface area contributed by atoms with Gasteiger partial charge in [-0.05, 0) is 28.4 Å². The molecule has 0 N–H and O–H groups in total. The van der Waals surface area contributed by atoms with E-state index in [1.165, 1.54) is 10.4 Å². The van der Waals surface area contributed by atoms with Gasteiger partial charge in [0.25, 0.3) is 8.32 Å². The van der Waals surface area contributed by atoms with E-state index in [0.29, 0.717) is 0 Å². The Kier molecular flexibility index (Phi) is 5.77. The van der Waals surface area contributed by atoms with Gasteiger partial charge in [-0.2, -0.15) is 5.26 Å². The summed E-state index contributed by atoms with van der Waals surface area (Å²) < 4.78 is 6.66. The molecule has 0 heterocycles. The molecule has 0 aromatic heterocycles. The Morgan fingerprint density at radius 1 is 0.958 bits per heavy atom. The van der Waals surface area contributed by atoms with Gasteiger partial charge in [-0.25, -0.2) is 0 Å². The number of hydrogen-bond donors (Lipinski definition) is 0. The van der Waals surface area contributed by atoms with Crippen LogP contribution in [0.4, 0.5) is 0 Å². The van der Waals surface area contributed by atoms with E-state index in [0.717, 1.165) is 0 Å². The molecule has 2 rings (SSSR count). The Bertz CT molecular complexity index is 671. The molecule has 0 fully saturated rings. The van der Waals surface area contributed by atoms with E-state index in [1.54, 1.807) is 0 Å². The SMILES string of the molecule is C/C=C/C(C#N)O[Si](c1ccccc1)(c1ccccc1)C(C)(C)C. The maximum Gasteiger partial charge on any atom is 0.263 e. The van der Waals surface area contributed by atoms with Crippen LogP contribution in [0.3, 0.4) is 0 Å². The largest absolute Gasteiger partial charge is 0.389 e. The van der Waals surface area contributed by atoms with E-state index in [1.807, 2.05) is 55.5 Å². The Balaban J connectivity index is 2.73. The molecule has 2 aromatic rings. The van der Waals surface area contributed by atoms with Crippen molar-refractivity contribution in [3.63, 3.8) is 0 Å². The fourth-order valence-electron chi connectivity index (χ4n) is 3.17. The third-order valence-electron chi connectivity index (χ3n) is 4.22. The van der Waals surface area contributed by atoms with Gasteiger partial charge < -0.3 is 4.43 Å². The molecule has 2 aromatic carbocycles. The summed E-state index contributed by atoms with van der Waals surface area (Å²) in [6, 6.07) is 23.1. The average molecular weight is 336 g/mol. The number of nitriles is 1. The van der Waals surface area contributed by atoms with Gasteiger partial charge in [0, 0.05) is 0 Å². The zero-order chi connectivity index (χ0) is 17.6. The van der Waals surface area contributed by atoms with Gasteiger partial charge in [-0.1, -0.05) is 87.5 Å². The first kappa shape index (κ1) is 18.2. The maximum atomic E-state index is 9.58. The van der Waals surface area contributed by atoms with E-state index < -0.39 is 14.4 Å². The van der Waals surface area contributed by atoms with Crippen molar-refractivity contribution in [3.8, 4) is 6.07 Å². The van der Waals surface area contributed by atoms with Crippen molar-refractivity contribution in [2.75, 3.05) is 0 Å². The van der Waals surface area contributed by atoms with Crippen LogP contribution in [0, 0.1) is 11.3 Å². The van der Waals surface area contributed by atoms with Crippen LogP contribution in [-0.4, -0.2) is 14.4 Å². The molecule has 1 unspecified atom stereocenters. The highest BCUT2D eigenvalue weighted by Crippen LogP contribution is 2.37. The first-order valence-corrected chi connectivity index (χ1v) is 10.2. The molecule has 1 atom stereocenters. The Labute approximate surface area is 146 Å². The molecule has 0 saturated heterocycles. The maximum absolute atomic E-state index is 9.58. The van der Waals surface area contributed by atoms with Crippen LogP contribution in [0.25, 0.3) is 0 Å². The van der Waals surface area contributed by atoms with Gasteiger partial charge in [-0.3, -0.25) is 0 Å². The van der Waals surface area contributed by atoms with Crippen LogP contribution in [0.2, 0.25) is 5.04 Å². The van der Waals surface area contributed by atoms with Crippen molar-refractivity contribution < 1.29 is 4.43 Å².